The summed E-state index contributed by atoms with van der Waals surface area (Å²) in [4.78, 5) is 13.4. The maximum atomic E-state index is 11.5. The summed E-state index contributed by atoms with van der Waals surface area (Å²) in [7, 11) is 0. The highest BCUT2D eigenvalue weighted by molar-refractivity contribution is 5.80. The van der Waals surface area contributed by atoms with E-state index in [0.717, 1.165) is 6.54 Å². The zero-order valence-electron chi connectivity index (χ0n) is 10.8. The molecule has 2 atom stereocenters. The third kappa shape index (κ3) is 2.80. The van der Waals surface area contributed by atoms with Crippen molar-refractivity contribution in [3.8, 4) is 11.5 Å². The summed E-state index contributed by atoms with van der Waals surface area (Å²) in [5, 5.41) is 22.3. The minimum atomic E-state index is -0.392. The maximum Gasteiger partial charge on any atom is 0.236 e. The quantitative estimate of drug-likeness (QED) is 0.612. The lowest BCUT2D eigenvalue weighted by Gasteiger charge is -2.38. The summed E-state index contributed by atoms with van der Waals surface area (Å²) in [6.07, 6.45) is 0. The fourth-order valence-electron chi connectivity index (χ4n) is 2.51. The topological polar surface area (TPSA) is 98.8 Å². The van der Waals surface area contributed by atoms with E-state index in [9.17, 15) is 15.0 Å². The highest BCUT2D eigenvalue weighted by atomic mass is 16.3. The highest BCUT2D eigenvalue weighted by Gasteiger charge is 2.31. The van der Waals surface area contributed by atoms with Gasteiger partial charge in [0.1, 0.15) is 17.5 Å². The van der Waals surface area contributed by atoms with Gasteiger partial charge in [-0.1, -0.05) is 6.07 Å². The van der Waals surface area contributed by atoms with Crippen molar-refractivity contribution in [2.24, 2.45) is 5.73 Å². The fourth-order valence-corrected chi connectivity index (χ4v) is 2.51. The average molecular weight is 265 g/mol. The van der Waals surface area contributed by atoms with E-state index in [4.69, 9.17) is 5.73 Å². The van der Waals surface area contributed by atoms with E-state index < -0.39 is 6.04 Å². The van der Waals surface area contributed by atoms with E-state index in [2.05, 4.69) is 5.32 Å². The number of phenolic OH excluding ortho intramolecular Hbond substituents is 2. The van der Waals surface area contributed by atoms with Crippen LogP contribution in [-0.4, -0.2) is 46.7 Å². The van der Waals surface area contributed by atoms with Crippen LogP contribution in [0.2, 0.25) is 0 Å². The fraction of sp³-hybridized carbons (Fsp3) is 0.462. The van der Waals surface area contributed by atoms with Gasteiger partial charge in [0.15, 0.2) is 0 Å². The van der Waals surface area contributed by atoms with E-state index in [1.165, 1.54) is 12.1 Å². The molecule has 5 N–H and O–H groups in total. The van der Waals surface area contributed by atoms with E-state index in [-0.39, 0.29) is 23.4 Å². The summed E-state index contributed by atoms with van der Waals surface area (Å²) in [5.74, 6) is -0.341. The van der Waals surface area contributed by atoms with Crippen molar-refractivity contribution >= 4 is 5.91 Å². The normalized spacial score (nSPS) is 22.1. The SMILES string of the molecule is CC(c1ccc(O)cc1O)N1CCNCC1C(N)=O. The average Bonchev–Trinajstić information content (AvgIpc) is 2.38. The Hall–Kier alpha value is -1.79. The first-order valence-corrected chi connectivity index (χ1v) is 6.28. The molecule has 2 rings (SSSR count). The molecule has 0 spiro atoms. The van der Waals surface area contributed by atoms with Crippen LogP contribution in [0.5, 0.6) is 11.5 Å². The standard InChI is InChI=1S/C13H19N3O3/c1-8(10-3-2-9(17)6-12(10)18)16-5-4-15-7-11(16)13(14)19/h2-3,6,8,11,15,17-18H,4-5,7H2,1H3,(H2,14,19). The van der Waals surface area contributed by atoms with Gasteiger partial charge in [-0.15, -0.1) is 0 Å². The number of carbonyl (C=O) groups excluding carboxylic acids is 1. The molecule has 1 saturated heterocycles. The van der Waals surface area contributed by atoms with Gasteiger partial charge < -0.3 is 21.3 Å². The van der Waals surface area contributed by atoms with Gasteiger partial charge in [-0.2, -0.15) is 0 Å². The number of nitrogens with zero attached hydrogens (tertiary/aromatic N) is 1. The van der Waals surface area contributed by atoms with Crippen molar-refractivity contribution in [3.63, 3.8) is 0 Å². The number of amides is 1. The molecule has 1 aromatic rings. The number of phenols is 2. The van der Waals surface area contributed by atoms with Crippen molar-refractivity contribution in [2.45, 2.75) is 19.0 Å². The molecule has 2 unspecified atom stereocenters. The first-order chi connectivity index (χ1) is 9.00. The van der Waals surface area contributed by atoms with E-state index >= 15 is 0 Å². The monoisotopic (exact) mass is 265 g/mol. The van der Waals surface area contributed by atoms with Gasteiger partial charge in [-0.3, -0.25) is 9.69 Å². The first-order valence-electron chi connectivity index (χ1n) is 6.28. The van der Waals surface area contributed by atoms with Gasteiger partial charge in [-0.05, 0) is 13.0 Å². The molecule has 1 fully saturated rings. The molecule has 1 amide bonds. The van der Waals surface area contributed by atoms with Crippen LogP contribution in [0.15, 0.2) is 18.2 Å². The van der Waals surface area contributed by atoms with Crippen LogP contribution in [0.3, 0.4) is 0 Å². The molecule has 0 aliphatic carbocycles. The summed E-state index contributed by atoms with van der Waals surface area (Å²) < 4.78 is 0. The number of nitrogens with two attached hydrogens (primary N) is 1. The minimum Gasteiger partial charge on any atom is -0.508 e. The van der Waals surface area contributed by atoms with Crippen LogP contribution in [0.1, 0.15) is 18.5 Å². The number of aromatic hydroxyl groups is 2. The first kappa shape index (κ1) is 13.6. The second kappa shape index (κ2) is 5.46. The second-order valence-electron chi connectivity index (χ2n) is 4.78. The van der Waals surface area contributed by atoms with Gasteiger partial charge in [-0.25, -0.2) is 0 Å². The highest BCUT2D eigenvalue weighted by Crippen LogP contribution is 2.32. The molecule has 1 aromatic carbocycles. The van der Waals surface area contributed by atoms with Crippen molar-refractivity contribution < 1.29 is 15.0 Å². The van der Waals surface area contributed by atoms with E-state index in [1.54, 1.807) is 6.07 Å². The number of rotatable bonds is 3. The number of hydrogen-bond acceptors (Lipinski definition) is 5. The molecule has 0 bridgehead atoms. The third-order valence-corrected chi connectivity index (χ3v) is 3.57. The van der Waals surface area contributed by atoms with E-state index in [1.807, 2.05) is 11.8 Å². The zero-order valence-corrected chi connectivity index (χ0v) is 10.8. The Morgan fingerprint density at radius 1 is 1.53 bits per heavy atom. The molecule has 0 aromatic heterocycles. The maximum absolute atomic E-state index is 11.5. The number of nitrogens with one attached hydrogen (secondary N) is 1. The van der Waals surface area contributed by atoms with Crippen LogP contribution in [0.4, 0.5) is 0 Å². The molecule has 104 valence electrons. The Balaban J connectivity index is 2.25. The third-order valence-electron chi connectivity index (χ3n) is 3.57. The number of carbonyl (C=O) groups is 1. The molecule has 1 heterocycles. The van der Waals surface area contributed by atoms with Crippen molar-refractivity contribution in [1.29, 1.82) is 0 Å². The molecule has 0 radical (unpaired) electrons. The number of primary amides is 1. The summed E-state index contributed by atoms with van der Waals surface area (Å²) in [6, 6.07) is 3.94. The number of benzene rings is 1. The van der Waals surface area contributed by atoms with Crippen molar-refractivity contribution in [3.05, 3.63) is 23.8 Å². The molecule has 6 heteroatoms. The van der Waals surface area contributed by atoms with Crippen LogP contribution in [0, 0.1) is 0 Å². The molecular weight excluding hydrogens is 246 g/mol. The van der Waals surface area contributed by atoms with Crippen LogP contribution in [-0.2, 0) is 4.79 Å². The lowest BCUT2D eigenvalue weighted by atomic mass is 10.0. The lowest BCUT2D eigenvalue weighted by molar-refractivity contribution is -0.124. The smallest absolute Gasteiger partial charge is 0.236 e. The zero-order chi connectivity index (χ0) is 14.0. The Kier molecular flexibility index (Phi) is 3.92. The molecule has 0 saturated carbocycles. The summed E-state index contributed by atoms with van der Waals surface area (Å²) in [6.45, 7) is 3.87. The van der Waals surface area contributed by atoms with Crippen molar-refractivity contribution in [1.82, 2.24) is 10.2 Å². The van der Waals surface area contributed by atoms with Gasteiger partial charge in [0, 0.05) is 37.3 Å². The summed E-state index contributed by atoms with van der Waals surface area (Å²) >= 11 is 0. The predicted octanol–water partition coefficient (Wildman–Crippen LogP) is -0.0821. The van der Waals surface area contributed by atoms with Crippen LogP contribution in [0.25, 0.3) is 0 Å². The van der Waals surface area contributed by atoms with Gasteiger partial charge in [0.2, 0.25) is 5.91 Å². The molecule has 19 heavy (non-hydrogen) atoms. The van der Waals surface area contributed by atoms with Gasteiger partial charge in [0.05, 0.1) is 0 Å². The van der Waals surface area contributed by atoms with Crippen LogP contribution >= 0.6 is 0 Å². The molecule has 1 aliphatic heterocycles. The Labute approximate surface area is 111 Å². The van der Waals surface area contributed by atoms with E-state index in [0.29, 0.717) is 18.7 Å². The number of piperazine rings is 1. The lowest BCUT2D eigenvalue weighted by Crippen LogP contribution is -2.57. The van der Waals surface area contributed by atoms with Crippen molar-refractivity contribution in [2.75, 3.05) is 19.6 Å². The minimum absolute atomic E-state index is 0.0141. The largest absolute Gasteiger partial charge is 0.508 e. The van der Waals surface area contributed by atoms with Gasteiger partial charge >= 0.3 is 0 Å². The Morgan fingerprint density at radius 2 is 2.26 bits per heavy atom. The van der Waals surface area contributed by atoms with Crippen LogP contribution < -0.4 is 11.1 Å². The predicted molar refractivity (Wildman–Crippen MR) is 70.7 cm³/mol. The summed E-state index contributed by atoms with van der Waals surface area (Å²) in [5.41, 5.74) is 6.08. The molecule has 6 nitrogen and oxygen atoms in total. The second-order valence-corrected chi connectivity index (χ2v) is 4.78. The Morgan fingerprint density at radius 3 is 2.89 bits per heavy atom. The number of hydrogen-bond donors (Lipinski definition) is 4. The molecular formula is C13H19N3O3. The molecule has 1 aliphatic rings. The Bertz CT molecular complexity index is 478. The van der Waals surface area contributed by atoms with Gasteiger partial charge in [0.25, 0.3) is 0 Å².